The van der Waals surface area contributed by atoms with Crippen LogP contribution in [0.1, 0.15) is 43.2 Å². The first-order valence-corrected chi connectivity index (χ1v) is 7.94. The molecule has 1 fully saturated rings. The van der Waals surface area contributed by atoms with Gasteiger partial charge in [0, 0.05) is 25.6 Å². The summed E-state index contributed by atoms with van der Waals surface area (Å²) >= 11 is 0. The van der Waals surface area contributed by atoms with Crippen LogP contribution in [-0.4, -0.2) is 37.0 Å². The second-order valence-corrected chi connectivity index (χ2v) is 6.17. The summed E-state index contributed by atoms with van der Waals surface area (Å²) in [6.07, 6.45) is -2.16. The Morgan fingerprint density at radius 2 is 2.17 bits per heavy atom. The number of likely N-dealkylation sites (N-methyl/N-ethyl adjacent to an activating group) is 1. The van der Waals surface area contributed by atoms with Crippen LogP contribution in [0.3, 0.4) is 0 Å². The maximum absolute atomic E-state index is 12.8. The van der Waals surface area contributed by atoms with Crippen molar-refractivity contribution in [2.75, 3.05) is 20.1 Å². The van der Waals surface area contributed by atoms with Gasteiger partial charge < -0.3 is 10.2 Å². The standard InChI is InChI=1S/C17H23F3N2O/c1-12(13-5-3-6-14(10-13)17(18,19)20)9-16(23)22-8-4-7-15(22)11-21-2/h3,5-6,10,12,15,21H,4,7-9,11H2,1-2H3. The molecule has 1 aromatic carbocycles. The van der Waals surface area contributed by atoms with E-state index in [9.17, 15) is 18.0 Å². The third-order valence-corrected chi connectivity index (χ3v) is 4.40. The summed E-state index contributed by atoms with van der Waals surface area (Å²) in [5.74, 6) is -0.215. The van der Waals surface area contributed by atoms with Crippen LogP contribution < -0.4 is 5.32 Å². The van der Waals surface area contributed by atoms with E-state index in [2.05, 4.69) is 5.32 Å². The molecule has 2 atom stereocenters. The van der Waals surface area contributed by atoms with Gasteiger partial charge in [0.25, 0.3) is 0 Å². The molecule has 1 amide bonds. The molecule has 0 aliphatic carbocycles. The Bertz CT molecular complexity index is 545. The molecule has 0 aromatic heterocycles. The van der Waals surface area contributed by atoms with E-state index in [4.69, 9.17) is 0 Å². The Balaban J connectivity index is 2.04. The summed E-state index contributed by atoms with van der Waals surface area (Å²) in [6.45, 7) is 3.29. The fraction of sp³-hybridized carbons (Fsp3) is 0.588. The largest absolute Gasteiger partial charge is 0.416 e. The number of benzene rings is 1. The Kier molecular flexibility index (Phi) is 5.68. The van der Waals surface area contributed by atoms with Gasteiger partial charge >= 0.3 is 6.18 Å². The van der Waals surface area contributed by atoms with Gasteiger partial charge in [-0.15, -0.1) is 0 Å². The van der Waals surface area contributed by atoms with Crippen molar-refractivity contribution >= 4 is 5.91 Å². The van der Waals surface area contributed by atoms with Crippen LogP contribution in [0.5, 0.6) is 0 Å². The van der Waals surface area contributed by atoms with Gasteiger partial charge in [0.05, 0.1) is 5.56 Å². The Hall–Kier alpha value is -1.56. The number of alkyl halides is 3. The lowest BCUT2D eigenvalue weighted by molar-refractivity contribution is -0.137. The van der Waals surface area contributed by atoms with Crippen LogP contribution in [0.4, 0.5) is 13.2 Å². The molecule has 3 nitrogen and oxygen atoms in total. The van der Waals surface area contributed by atoms with Gasteiger partial charge in [-0.25, -0.2) is 0 Å². The van der Waals surface area contributed by atoms with Gasteiger partial charge in [0.1, 0.15) is 0 Å². The van der Waals surface area contributed by atoms with Crippen molar-refractivity contribution < 1.29 is 18.0 Å². The van der Waals surface area contributed by atoms with Crippen molar-refractivity contribution in [2.24, 2.45) is 0 Å². The van der Waals surface area contributed by atoms with Crippen molar-refractivity contribution in [3.63, 3.8) is 0 Å². The molecule has 0 bridgehead atoms. The van der Waals surface area contributed by atoms with Gasteiger partial charge in [0.2, 0.25) is 5.91 Å². The average Bonchev–Trinajstić information content (AvgIpc) is 2.95. The summed E-state index contributed by atoms with van der Waals surface area (Å²) in [4.78, 5) is 14.3. The zero-order valence-electron chi connectivity index (χ0n) is 13.5. The molecular formula is C17H23F3N2O. The van der Waals surface area contributed by atoms with Crippen molar-refractivity contribution in [1.82, 2.24) is 10.2 Å². The highest BCUT2D eigenvalue weighted by Crippen LogP contribution is 2.32. The number of nitrogens with zero attached hydrogens (tertiary/aromatic N) is 1. The van der Waals surface area contributed by atoms with E-state index in [1.807, 2.05) is 11.9 Å². The summed E-state index contributed by atoms with van der Waals surface area (Å²) in [5, 5.41) is 3.08. The number of amides is 1. The summed E-state index contributed by atoms with van der Waals surface area (Å²) in [6, 6.07) is 5.46. The predicted molar refractivity (Wildman–Crippen MR) is 83.1 cm³/mol. The molecule has 0 saturated carbocycles. The zero-order valence-corrected chi connectivity index (χ0v) is 13.5. The van der Waals surface area contributed by atoms with Crippen LogP contribution in [-0.2, 0) is 11.0 Å². The second-order valence-electron chi connectivity index (χ2n) is 6.17. The number of carbonyl (C=O) groups excluding carboxylic acids is 1. The van der Waals surface area contributed by atoms with Crippen LogP contribution in [0, 0.1) is 0 Å². The minimum Gasteiger partial charge on any atom is -0.338 e. The fourth-order valence-electron chi connectivity index (χ4n) is 3.13. The highest BCUT2D eigenvalue weighted by Gasteiger charge is 2.32. The molecule has 1 N–H and O–H groups in total. The molecule has 1 heterocycles. The fourth-order valence-corrected chi connectivity index (χ4v) is 3.13. The molecule has 2 unspecified atom stereocenters. The van der Waals surface area contributed by atoms with E-state index in [0.29, 0.717) is 5.56 Å². The molecule has 1 aliphatic rings. The zero-order chi connectivity index (χ0) is 17.0. The monoisotopic (exact) mass is 328 g/mol. The van der Waals surface area contributed by atoms with Crippen molar-refractivity contribution in [3.05, 3.63) is 35.4 Å². The van der Waals surface area contributed by atoms with E-state index >= 15 is 0 Å². The van der Waals surface area contributed by atoms with Crippen molar-refractivity contribution in [2.45, 2.75) is 44.3 Å². The minimum atomic E-state index is -4.35. The van der Waals surface area contributed by atoms with Crippen LogP contribution >= 0.6 is 0 Å². The maximum Gasteiger partial charge on any atom is 0.416 e. The minimum absolute atomic E-state index is 0.0210. The first-order chi connectivity index (χ1) is 10.8. The number of rotatable bonds is 5. The highest BCUT2D eigenvalue weighted by molar-refractivity contribution is 5.77. The van der Waals surface area contributed by atoms with Crippen molar-refractivity contribution in [1.29, 1.82) is 0 Å². The SMILES string of the molecule is CNCC1CCCN1C(=O)CC(C)c1cccc(C(F)(F)F)c1. The molecule has 0 spiro atoms. The van der Waals surface area contributed by atoms with Gasteiger partial charge in [-0.3, -0.25) is 4.79 Å². The highest BCUT2D eigenvalue weighted by atomic mass is 19.4. The molecule has 0 radical (unpaired) electrons. The van der Waals surface area contributed by atoms with Gasteiger partial charge in [-0.1, -0.05) is 25.1 Å². The first-order valence-electron chi connectivity index (χ1n) is 7.94. The molecule has 1 aromatic rings. The maximum atomic E-state index is 12.8. The van der Waals surface area contributed by atoms with E-state index in [1.165, 1.54) is 6.07 Å². The quantitative estimate of drug-likeness (QED) is 0.898. The third-order valence-electron chi connectivity index (χ3n) is 4.40. The molecule has 1 aliphatic heterocycles. The van der Waals surface area contributed by atoms with Gasteiger partial charge in [-0.2, -0.15) is 13.2 Å². The number of likely N-dealkylation sites (tertiary alicyclic amines) is 1. The number of halogens is 3. The smallest absolute Gasteiger partial charge is 0.338 e. The third kappa shape index (κ3) is 4.47. The average molecular weight is 328 g/mol. The summed E-state index contributed by atoms with van der Waals surface area (Å²) in [7, 11) is 1.85. The molecule has 1 saturated heterocycles. The molecule has 2 rings (SSSR count). The van der Waals surface area contributed by atoms with E-state index < -0.39 is 11.7 Å². The number of hydrogen-bond donors (Lipinski definition) is 1. The molecular weight excluding hydrogens is 305 g/mol. The lowest BCUT2D eigenvalue weighted by Crippen LogP contribution is -2.41. The van der Waals surface area contributed by atoms with E-state index in [1.54, 1.807) is 13.0 Å². The second kappa shape index (κ2) is 7.34. The predicted octanol–water partition coefficient (Wildman–Crippen LogP) is 3.41. The van der Waals surface area contributed by atoms with Crippen LogP contribution in [0.25, 0.3) is 0 Å². The first kappa shape index (κ1) is 17.8. The molecule has 23 heavy (non-hydrogen) atoms. The lowest BCUT2D eigenvalue weighted by atomic mass is 9.95. The van der Waals surface area contributed by atoms with Crippen molar-refractivity contribution in [3.8, 4) is 0 Å². The summed E-state index contributed by atoms with van der Waals surface area (Å²) in [5.41, 5.74) is -0.110. The Morgan fingerprint density at radius 3 is 2.83 bits per heavy atom. The Labute approximate surface area is 134 Å². The van der Waals surface area contributed by atoms with Gasteiger partial charge in [0.15, 0.2) is 0 Å². The lowest BCUT2D eigenvalue weighted by Gasteiger charge is -2.26. The van der Waals surface area contributed by atoms with Crippen LogP contribution in [0.2, 0.25) is 0 Å². The summed E-state index contributed by atoms with van der Waals surface area (Å²) < 4.78 is 38.4. The molecule has 128 valence electrons. The van der Waals surface area contributed by atoms with Crippen LogP contribution in [0.15, 0.2) is 24.3 Å². The van der Waals surface area contributed by atoms with Gasteiger partial charge in [-0.05, 0) is 37.4 Å². The normalized spacial score (nSPS) is 19.9. The Morgan fingerprint density at radius 1 is 1.43 bits per heavy atom. The number of nitrogens with one attached hydrogen (secondary N) is 1. The number of carbonyl (C=O) groups is 1. The van der Waals surface area contributed by atoms with E-state index in [0.717, 1.165) is 38.1 Å². The molecule has 6 heteroatoms. The van der Waals surface area contributed by atoms with E-state index in [-0.39, 0.29) is 24.3 Å². The number of hydrogen-bond acceptors (Lipinski definition) is 2. The topological polar surface area (TPSA) is 32.3 Å².